The van der Waals surface area contributed by atoms with Gasteiger partial charge in [-0.25, -0.2) is 4.79 Å². The highest BCUT2D eigenvalue weighted by molar-refractivity contribution is 5.97. The topological polar surface area (TPSA) is 143 Å². The Bertz CT molecular complexity index is 1360. The van der Waals surface area contributed by atoms with Gasteiger partial charge in [0, 0.05) is 30.7 Å². The minimum absolute atomic E-state index is 0.00289. The quantitative estimate of drug-likeness (QED) is 0.175. The van der Waals surface area contributed by atoms with E-state index in [1.54, 1.807) is 13.0 Å². The predicted molar refractivity (Wildman–Crippen MR) is 158 cm³/mol. The zero-order valence-corrected chi connectivity index (χ0v) is 23.7. The van der Waals surface area contributed by atoms with Crippen molar-refractivity contribution in [2.45, 2.75) is 58.0 Å². The molecular formula is C32H38N4O5. The van der Waals surface area contributed by atoms with Gasteiger partial charge in [0.2, 0.25) is 11.8 Å². The molecule has 0 saturated carbocycles. The Morgan fingerprint density at radius 2 is 1.73 bits per heavy atom. The van der Waals surface area contributed by atoms with Crippen molar-refractivity contribution in [3.63, 3.8) is 0 Å². The molecule has 1 heterocycles. The number of H-pyrrole nitrogens is 1. The number of carbonyl (C=O) groups excluding carboxylic acids is 4. The molecule has 216 valence electrons. The number of hydrogen-bond donors (Lipinski definition) is 4. The lowest BCUT2D eigenvalue weighted by Crippen LogP contribution is -2.50. The first-order valence-corrected chi connectivity index (χ1v) is 13.7. The fourth-order valence-electron chi connectivity index (χ4n) is 4.24. The zero-order chi connectivity index (χ0) is 29.8. The largest absolute Gasteiger partial charge is 0.463 e. The molecule has 0 fully saturated rings. The minimum Gasteiger partial charge on any atom is -0.463 e. The first kappa shape index (κ1) is 30.9. The van der Waals surface area contributed by atoms with Gasteiger partial charge in [-0.2, -0.15) is 0 Å². The van der Waals surface area contributed by atoms with E-state index in [0.29, 0.717) is 11.6 Å². The van der Waals surface area contributed by atoms with Gasteiger partial charge in [0.15, 0.2) is 0 Å². The van der Waals surface area contributed by atoms with Gasteiger partial charge >= 0.3 is 5.97 Å². The van der Waals surface area contributed by atoms with E-state index in [1.165, 1.54) is 17.7 Å². The van der Waals surface area contributed by atoms with Gasteiger partial charge in [0.1, 0.15) is 11.7 Å². The fourth-order valence-corrected chi connectivity index (χ4v) is 4.24. The van der Waals surface area contributed by atoms with E-state index in [1.807, 2.05) is 48.5 Å². The van der Waals surface area contributed by atoms with Gasteiger partial charge in [-0.3, -0.25) is 14.4 Å². The average Bonchev–Trinajstić information content (AvgIpc) is 3.45. The number of aromatic amines is 1. The molecule has 1 aromatic heterocycles. The number of nitrogens with one attached hydrogen (secondary N) is 3. The summed E-state index contributed by atoms with van der Waals surface area (Å²) in [5, 5.41) is 5.67. The van der Waals surface area contributed by atoms with Crippen LogP contribution in [0.2, 0.25) is 0 Å². The van der Waals surface area contributed by atoms with E-state index in [-0.39, 0.29) is 25.9 Å². The van der Waals surface area contributed by atoms with Gasteiger partial charge < -0.3 is 26.1 Å². The van der Waals surface area contributed by atoms with Crippen LogP contribution in [0.15, 0.2) is 78.9 Å². The molecule has 3 amide bonds. The molecule has 2 aromatic carbocycles. The van der Waals surface area contributed by atoms with E-state index >= 15 is 0 Å². The van der Waals surface area contributed by atoms with Crippen LogP contribution in [0, 0.1) is 0 Å². The summed E-state index contributed by atoms with van der Waals surface area (Å²) < 4.78 is 4.91. The molecule has 0 saturated heterocycles. The van der Waals surface area contributed by atoms with Gasteiger partial charge in [-0.15, -0.1) is 0 Å². The molecule has 2 atom stereocenters. The number of carbonyl (C=O) groups is 4. The van der Waals surface area contributed by atoms with Crippen molar-refractivity contribution in [1.82, 2.24) is 15.6 Å². The average molecular weight is 559 g/mol. The lowest BCUT2D eigenvalue weighted by molar-refractivity contribution is -0.137. The third-order valence-electron chi connectivity index (χ3n) is 6.48. The number of primary amides is 1. The smallest absolute Gasteiger partial charge is 0.330 e. The molecule has 0 spiro atoms. The lowest BCUT2D eigenvalue weighted by Gasteiger charge is -2.22. The summed E-state index contributed by atoms with van der Waals surface area (Å²) in [5.74, 6) is -1.65. The number of rotatable bonds is 14. The third kappa shape index (κ3) is 9.79. The molecule has 9 nitrogen and oxygen atoms in total. The Balaban J connectivity index is 1.80. The van der Waals surface area contributed by atoms with Gasteiger partial charge in [-0.05, 0) is 54.2 Å². The molecular weight excluding hydrogens is 520 g/mol. The van der Waals surface area contributed by atoms with E-state index in [0.717, 1.165) is 16.8 Å². The Morgan fingerprint density at radius 3 is 2.41 bits per heavy atom. The van der Waals surface area contributed by atoms with Crippen LogP contribution in [0.5, 0.6) is 0 Å². The molecule has 0 bridgehead atoms. The van der Waals surface area contributed by atoms with E-state index in [4.69, 9.17) is 10.5 Å². The van der Waals surface area contributed by atoms with Crippen LogP contribution >= 0.6 is 0 Å². The molecule has 5 N–H and O–H groups in total. The number of benzene rings is 2. The molecule has 3 aromatic rings. The van der Waals surface area contributed by atoms with E-state index in [9.17, 15) is 19.2 Å². The highest BCUT2D eigenvalue weighted by atomic mass is 16.5. The van der Waals surface area contributed by atoms with Crippen LogP contribution in [-0.2, 0) is 25.5 Å². The maximum absolute atomic E-state index is 13.5. The maximum atomic E-state index is 13.5. The summed E-state index contributed by atoms with van der Waals surface area (Å²) in [6.07, 6.45) is 3.07. The highest BCUT2D eigenvalue weighted by Gasteiger charge is 2.25. The molecule has 0 aliphatic rings. The number of amides is 3. The summed E-state index contributed by atoms with van der Waals surface area (Å²) in [4.78, 5) is 53.2. The van der Waals surface area contributed by atoms with Crippen molar-refractivity contribution in [1.29, 1.82) is 0 Å². The van der Waals surface area contributed by atoms with Crippen molar-refractivity contribution in [2.24, 2.45) is 5.73 Å². The Hall–Kier alpha value is -4.66. The molecule has 3 rings (SSSR count). The number of nitrogens with two attached hydrogens (primary N) is 1. The summed E-state index contributed by atoms with van der Waals surface area (Å²) >= 11 is 0. The zero-order valence-electron chi connectivity index (χ0n) is 23.7. The Labute approximate surface area is 240 Å². The number of esters is 1. The Kier molecular flexibility index (Phi) is 11.5. The first-order valence-electron chi connectivity index (χ1n) is 13.7. The van der Waals surface area contributed by atoms with Crippen molar-refractivity contribution in [2.75, 3.05) is 6.61 Å². The van der Waals surface area contributed by atoms with Crippen LogP contribution in [0.4, 0.5) is 0 Å². The van der Waals surface area contributed by atoms with Crippen LogP contribution in [0.3, 0.4) is 0 Å². The second-order valence-electron chi connectivity index (χ2n) is 10.0. The third-order valence-corrected chi connectivity index (χ3v) is 6.48. The summed E-state index contributed by atoms with van der Waals surface area (Å²) in [6, 6.07) is 19.3. The molecule has 9 heteroatoms. The number of ether oxygens (including phenoxy) is 1. The molecule has 0 radical (unpaired) electrons. The lowest BCUT2D eigenvalue weighted by atomic mass is 10.00. The molecule has 0 aliphatic heterocycles. The van der Waals surface area contributed by atoms with Crippen molar-refractivity contribution in [3.8, 4) is 11.3 Å². The van der Waals surface area contributed by atoms with E-state index < -0.39 is 35.8 Å². The van der Waals surface area contributed by atoms with E-state index in [2.05, 4.69) is 41.6 Å². The van der Waals surface area contributed by atoms with Crippen LogP contribution < -0.4 is 16.4 Å². The summed E-state index contributed by atoms with van der Waals surface area (Å²) in [7, 11) is 0. The fraction of sp³-hybridized carbons (Fsp3) is 0.312. The molecule has 0 unspecified atom stereocenters. The standard InChI is InChI=1S/C32H38N4O5/c1-4-41-30(38)18-14-25(13-17-29(33)37)34-32(40)28(19-22-9-6-5-7-10-22)36-31(39)27-16-15-26(35-27)24-12-8-11-23(20-24)21(2)3/h5-12,14-16,18,20-21,25,28,35H,4,13,17,19H2,1-3H3,(H2,33,37)(H,34,40)(H,36,39)/t25-,28-/m0/s1. The predicted octanol–water partition coefficient (Wildman–Crippen LogP) is 4.02. The second-order valence-corrected chi connectivity index (χ2v) is 10.0. The number of aromatic nitrogens is 1. The van der Waals surface area contributed by atoms with Crippen LogP contribution in [0.25, 0.3) is 11.3 Å². The SMILES string of the molecule is CCOC(=O)C=C[C@H](CCC(N)=O)NC(=O)[C@H](Cc1ccccc1)NC(=O)c1ccc(-c2cccc(C(C)C)c2)[nH]1. The highest BCUT2D eigenvalue weighted by Crippen LogP contribution is 2.23. The van der Waals surface area contributed by atoms with Crippen molar-refractivity contribution in [3.05, 3.63) is 95.7 Å². The van der Waals surface area contributed by atoms with Gasteiger partial charge in [0.05, 0.1) is 6.61 Å². The van der Waals surface area contributed by atoms with Gasteiger partial charge in [0.25, 0.3) is 5.91 Å². The summed E-state index contributed by atoms with van der Waals surface area (Å²) in [6.45, 7) is 6.13. The summed E-state index contributed by atoms with van der Waals surface area (Å²) in [5.41, 5.74) is 9.40. The normalized spacial score (nSPS) is 12.6. The minimum atomic E-state index is -0.937. The second kappa shape index (κ2) is 15.2. The van der Waals surface area contributed by atoms with Crippen LogP contribution in [-0.4, -0.2) is 47.4 Å². The van der Waals surface area contributed by atoms with Crippen molar-refractivity contribution >= 4 is 23.7 Å². The molecule has 41 heavy (non-hydrogen) atoms. The van der Waals surface area contributed by atoms with Gasteiger partial charge in [-0.1, -0.05) is 68.5 Å². The Morgan fingerprint density at radius 1 is 0.976 bits per heavy atom. The number of hydrogen-bond acceptors (Lipinski definition) is 5. The maximum Gasteiger partial charge on any atom is 0.330 e. The van der Waals surface area contributed by atoms with Crippen molar-refractivity contribution < 1.29 is 23.9 Å². The monoisotopic (exact) mass is 558 g/mol. The molecule has 0 aliphatic carbocycles. The van der Waals surface area contributed by atoms with Crippen LogP contribution in [0.1, 0.15) is 61.1 Å². The first-order chi connectivity index (χ1) is 19.7.